The maximum absolute atomic E-state index is 12.3. The van der Waals surface area contributed by atoms with Gasteiger partial charge in [-0.15, -0.1) is 0 Å². The first-order valence-electron chi connectivity index (χ1n) is 7.65. The third kappa shape index (κ3) is 3.72. The molecule has 23 heavy (non-hydrogen) atoms. The van der Waals surface area contributed by atoms with Gasteiger partial charge in [0.15, 0.2) is 0 Å². The first-order chi connectivity index (χ1) is 11.1. The summed E-state index contributed by atoms with van der Waals surface area (Å²) in [6.07, 6.45) is -0.663. The van der Waals surface area contributed by atoms with Crippen LogP contribution in [-0.4, -0.2) is 35.5 Å². The van der Waals surface area contributed by atoms with Gasteiger partial charge in [0.05, 0.1) is 6.10 Å². The first kappa shape index (κ1) is 16.0. The van der Waals surface area contributed by atoms with E-state index >= 15 is 0 Å². The molecule has 0 aromatic heterocycles. The van der Waals surface area contributed by atoms with Gasteiger partial charge in [0.2, 0.25) is 5.91 Å². The van der Waals surface area contributed by atoms with Crippen LogP contribution in [0.5, 0.6) is 0 Å². The summed E-state index contributed by atoms with van der Waals surface area (Å²) in [6, 6.07) is 16.4. The number of piperazine rings is 1. The number of aliphatic hydroxyl groups excluding tert-OH is 1. The number of aliphatic hydroxyl groups is 1. The van der Waals surface area contributed by atoms with Gasteiger partial charge in [0.1, 0.15) is 6.04 Å². The number of β-amino-alcohol motifs (C(OH)–C–C–N with tert-alkyl or cyclic N) is 1. The molecule has 1 aliphatic rings. The van der Waals surface area contributed by atoms with E-state index in [0.717, 1.165) is 11.1 Å². The Kier molecular flexibility index (Phi) is 4.96. The topological polar surface area (TPSA) is 52.6 Å². The van der Waals surface area contributed by atoms with Crippen molar-refractivity contribution in [2.24, 2.45) is 0 Å². The first-order valence-corrected chi connectivity index (χ1v) is 8.03. The molecule has 2 atom stereocenters. The quantitative estimate of drug-likeness (QED) is 0.906. The predicted molar refractivity (Wildman–Crippen MR) is 90.2 cm³/mol. The number of nitrogens with one attached hydrogen (secondary N) is 1. The van der Waals surface area contributed by atoms with Gasteiger partial charge in [-0.05, 0) is 23.3 Å². The van der Waals surface area contributed by atoms with E-state index in [2.05, 4.69) is 5.32 Å². The van der Waals surface area contributed by atoms with Gasteiger partial charge in [0.25, 0.3) is 0 Å². The molecule has 1 saturated heterocycles. The molecule has 2 aromatic rings. The molecule has 2 unspecified atom stereocenters. The Morgan fingerprint density at radius 3 is 2.57 bits per heavy atom. The zero-order valence-corrected chi connectivity index (χ0v) is 13.4. The molecule has 1 fully saturated rings. The lowest BCUT2D eigenvalue weighted by Gasteiger charge is -2.36. The fourth-order valence-electron chi connectivity index (χ4n) is 2.92. The molecule has 1 amide bonds. The zero-order chi connectivity index (χ0) is 16.2. The summed E-state index contributed by atoms with van der Waals surface area (Å²) in [6.45, 7) is 1.69. The number of amides is 1. The Morgan fingerprint density at radius 2 is 1.87 bits per heavy atom. The zero-order valence-electron chi connectivity index (χ0n) is 12.7. The van der Waals surface area contributed by atoms with Crippen molar-refractivity contribution in [1.82, 2.24) is 10.2 Å². The Labute approximate surface area is 140 Å². The standard InChI is InChI=1S/C18H19ClN2O2/c19-15-8-6-13(7-9-15)16(22)12-21-11-10-20-18(23)17(21)14-4-2-1-3-5-14/h1-9,16-17,22H,10-12H2,(H,20,23). The van der Waals surface area contributed by atoms with Crippen LogP contribution in [-0.2, 0) is 4.79 Å². The number of rotatable bonds is 4. The molecule has 3 rings (SSSR count). The molecule has 0 radical (unpaired) electrons. The Balaban J connectivity index is 1.79. The number of carbonyl (C=O) groups is 1. The van der Waals surface area contributed by atoms with E-state index in [9.17, 15) is 9.90 Å². The molecule has 0 spiro atoms. The average molecular weight is 331 g/mol. The summed E-state index contributed by atoms with van der Waals surface area (Å²) >= 11 is 5.89. The Bertz CT molecular complexity index is 660. The normalized spacial score (nSPS) is 20.1. The number of hydrogen-bond acceptors (Lipinski definition) is 3. The molecule has 0 bridgehead atoms. The van der Waals surface area contributed by atoms with Crippen LogP contribution in [0.2, 0.25) is 5.02 Å². The summed E-state index contributed by atoms with van der Waals surface area (Å²) in [4.78, 5) is 14.3. The monoisotopic (exact) mass is 330 g/mol. The predicted octanol–water partition coefficient (Wildman–Crippen LogP) is 2.55. The van der Waals surface area contributed by atoms with Gasteiger partial charge in [-0.1, -0.05) is 54.1 Å². The van der Waals surface area contributed by atoms with Crippen molar-refractivity contribution >= 4 is 17.5 Å². The molecule has 120 valence electrons. The van der Waals surface area contributed by atoms with Crippen molar-refractivity contribution in [2.45, 2.75) is 12.1 Å². The number of halogens is 1. The molecule has 5 heteroatoms. The van der Waals surface area contributed by atoms with E-state index < -0.39 is 6.10 Å². The van der Waals surface area contributed by atoms with Gasteiger partial charge < -0.3 is 10.4 Å². The fraction of sp³-hybridized carbons (Fsp3) is 0.278. The summed E-state index contributed by atoms with van der Waals surface area (Å²) in [5.74, 6) is -0.0224. The van der Waals surface area contributed by atoms with Gasteiger partial charge in [-0.2, -0.15) is 0 Å². The van der Waals surface area contributed by atoms with Gasteiger partial charge in [-0.25, -0.2) is 0 Å². The Hall–Kier alpha value is -1.88. The minimum atomic E-state index is -0.663. The maximum atomic E-state index is 12.3. The van der Waals surface area contributed by atoms with Gasteiger partial charge in [0, 0.05) is 24.7 Å². The highest BCUT2D eigenvalue weighted by molar-refractivity contribution is 6.30. The van der Waals surface area contributed by atoms with Crippen molar-refractivity contribution < 1.29 is 9.90 Å². The van der Waals surface area contributed by atoms with Crippen molar-refractivity contribution in [3.05, 3.63) is 70.7 Å². The molecule has 1 aliphatic heterocycles. The summed E-state index contributed by atoms with van der Waals surface area (Å²) in [5.41, 5.74) is 1.74. The highest BCUT2D eigenvalue weighted by Crippen LogP contribution is 2.26. The fourth-order valence-corrected chi connectivity index (χ4v) is 3.05. The second-order valence-electron chi connectivity index (χ2n) is 5.67. The second-order valence-corrected chi connectivity index (χ2v) is 6.10. The number of nitrogens with zero attached hydrogens (tertiary/aromatic N) is 1. The molecular formula is C18H19ClN2O2. The third-order valence-corrected chi connectivity index (χ3v) is 4.34. The van der Waals surface area contributed by atoms with Gasteiger partial charge in [-0.3, -0.25) is 9.69 Å². The van der Waals surface area contributed by atoms with Crippen LogP contribution in [0.15, 0.2) is 54.6 Å². The lowest BCUT2D eigenvalue weighted by molar-refractivity contribution is -0.130. The van der Waals surface area contributed by atoms with Crippen LogP contribution in [0.4, 0.5) is 0 Å². The second kappa shape index (κ2) is 7.13. The number of carbonyl (C=O) groups excluding carboxylic acids is 1. The maximum Gasteiger partial charge on any atom is 0.242 e. The van der Waals surface area contributed by atoms with Gasteiger partial charge >= 0.3 is 0 Å². The lowest BCUT2D eigenvalue weighted by Crippen LogP contribution is -2.51. The van der Waals surface area contributed by atoms with E-state index in [1.807, 2.05) is 47.4 Å². The molecule has 1 heterocycles. The average Bonchev–Trinajstić information content (AvgIpc) is 2.56. The van der Waals surface area contributed by atoms with Crippen molar-refractivity contribution in [3.63, 3.8) is 0 Å². The van der Waals surface area contributed by atoms with Crippen molar-refractivity contribution in [2.75, 3.05) is 19.6 Å². The highest BCUT2D eigenvalue weighted by Gasteiger charge is 2.32. The summed E-state index contributed by atoms with van der Waals surface area (Å²) < 4.78 is 0. The van der Waals surface area contributed by atoms with E-state index in [1.54, 1.807) is 12.1 Å². The van der Waals surface area contributed by atoms with E-state index in [4.69, 9.17) is 11.6 Å². The van der Waals surface area contributed by atoms with Crippen LogP contribution in [0, 0.1) is 0 Å². The van der Waals surface area contributed by atoms with Crippen LogP contribution < -0.4 is 5.32 Å². The molecule has 2 aromatic carbocycles. The summed E-state index contributed by atoms with van der Waals surface area (Å²) in [7, 11) is 0. The van der Waals surface area contributed by atoms with Crippen LogP contribution in [0.3, 0.4) is 0 Å². The van der Waals surface area contributed by atoms with Crippen LogP contribution in [0.25, 0.3) is 0 Å². The van der Waals surface area contributed by atoms with E-state index in [1.165, 1.54) is 0 Å². The SMILES string of the molecule is O=C1NCCN(CC(O)c2ccc(Cl)cc2)C1c1ccccc1. The highest BCUT2D eigenvalue weighted by atomic mass is 35.5. The largest absolute Gasteiger partial charge is 0.387 e. The molecular weight excluding hydrogens is 312 g/mol. The molecule has 0 aliphatic carbocycles. The van der Waals surface area contributed by atoms with Crippen LogP contribution >= 0.6 is 11.6 Å². The van der Waals surface area contributed by atoms with Crippen molar-refractivity contribution in [3.8, 4) is 0 Å². The minimum absolute atomic E-state index is 0.0224. The number of benzene rings is 2. The molecule has 4 nitrogen and oxygen atoms in total. The minimum Gasteiger partial charge on any atom is -0.387 e. The third-order valence-electron chi connectivity index (χ3n) is 4.09. The summed E-state index contributed by atoms with van der Waals surface area (Å²) in [5, 5.41) is 14.0. The van der Waals surface area contributed by atoms with Crippen LogP contribution in [0.1, 0.15) is 23.3 Å². The van der Waals surface area contributed by atoms with Crippen molar-refractivity contribution in [1.29, 1.82) is 0 Å². The number of hydrogen-bond donors (Lipinski definition) is 2. The smallest absolute Gasteiger partial charge is 0.242 e. The lowest BCUT2D eigenvalue weighted by atomic mass is 10.0. The Morgan fingerprint density at radius 1 is 1.17 bits per heavy atom. The van der Waals surface area contributed by atoms with E-state index in [0.29, 0.717) is 24.7 Å². The molecule has 2 N–H and O–H groups in total. The molecule has 0 saturated carbocycles. The van der Waals surface area contributed by atoms with E-state index in [-0.39, 0.29) is 11.9 Å².